The standard InChI is InChI=1S/C26H28F2N10O5S2/c1-44(40,41)36-7-4-18(5-8-36)33-26-31-13-17-10-20(23(27)28)25(39)37(24(17)35-26)9-6-30-19-3-2-16-11-22(34-21(16)12-19)45(42,43)38-15-29-14-32-38/h2-3,10-15,18,23,30,34H,4-9H2,1H3,(H,31,33,35). The number of nitrogens with zero attached hydrogens (tertiary/aromatic N) is 7. The number of piperidine rings is 1. The first kappa shape index (κ1) is 30.5. The number of sulfonamides is 1. The van der Waals surface area contributed by atoms with Crippen molar-refractivity contribution in [1.29, 1.82) is 0 Å². The SMILES string of the molecule is CS(=O)(=O)N1CCC(Nc2ncc3cc(C(F)F)c(=O)n(CCNc4ccc5cc(S(=O)(=O)n6cncn6)[nH]c5c4)c3n2)CC1. The smallest absolute Gasteiger partial charge is 0.299 e. The van der Waals surface area contributed by atoms with Gasteiger partial charge in [-0.2, -0.15) is 13.4 Å². The van der Waals surface area contributed by atoms with Crippen LogP contribution in [-0.4, -0.2) is 86.8 Å². The summed E-state index contributed by atoms with van der Waals surface area (Å²) in [7, 11) is -7.25. The lowest BCUT2D eigenvalue weighted by Crippen LogP contribution is -2.42. The van der Waals surface area contributed by atoms with Crippen molar-refractivity contribution in [1.82, 2.24) is 38.0 Å². The molecule has 0 spiro atoms. The summed E-state index contributed by atoms with van der Waals surface area (Å²) >= 11 is 0. The molecule has 1 saturated heterocycles. The fraction of sp³-hybridized carbons (Fsp3) is 0.346. The zero-order chi connectivity index (χ0) is 31.9. The quantitative estimate of drug-likeness (QED) is 0.198. The van der Waals surface area contributed by atoms with Crippen LogP contribution in [0.2, 0.25) is 0 Å². The van der Waals surface area contributed by atoms with Gasteiger partial charge >= 0.3 is 0 Å². The van der Waals surface area contributed by atoms with E-state index in [2.05, 4.69) is 35.7 Å². The first-order valence-electron chi connectivity index (χ1n) is 13.8. The number of nitrogens with one attached hydrogen (secondary N) is 3. The molecular weight excluding hydrogens is 634 g/mol. The molecule has 45 heavy (non-hydrogen) atoms. The molecule has 15 nitrogen and oxygen atoms in total. The number of hydrogen-bond acceptors (Lipinski definition) is 11. The summed E-state index contributed by atoms with van der Waals surface area (Å²) in [5.41, 5.74) is -0.275. The molecule has 4 aromatic heterocycles. The van der Waals surface area contributed by atoms with Crippen molar-refractivity contribution in [3.63, 3.8) is 0 Å². The van der Waals surface area contributed by atoms with Crippen LogP contribution in [-0.2, 0) is 26.6 Å². The Kier molecular flexibility index (Phi) is 8.00. The number of pyridine rings is 1. The predicted octanol–water partition coefficient (Wildman–Crippen LogP) is 1.99. The summed E-state index contributed by atoms with van der Waals surface area (Å²) < 4.78 is 80.0. The number of benzene rings is 1. The zero-order valence-electron chi connectivity index (χ0n) is 23.8. The van der Waals surface area contributed by atoms with E-state index in [4.69, 9.17) is 0 Å². The van der Waals surface area contributed by atoms with Gasteiger partial charge in [0, 0.05) is 60.4 Å². The molecule has 0 bridgehead atoms. The molecule has 6 rings (SSSR count). The summed E-state index contributed by atoms with van der Waals surface area (Å²) in [6, 6.07) is 7.56. The van der Waals surface area contributed by atoms with Gasteiger partial charge < -0.3 is 15.6 Å². The first-order chi connectivity index (χ1) is 21.4. The lowest BCUT2D eigenvalue weighted by atomic mass is 10.1. The Bertz CT molecular complexity index is 2140. The van der Waals surface area contributed by atoms with Gasteiger partial charge in [0.2, 0.25) is 16.0 Å². The third kappa shape index (κ3) is 6.22. The van der Waals surface area contributed by atoms with Crippen LogP contribution < -0.4 is 16.2 Å². The molecular formula is C26H28F2N10O5S2. The summed E-state index contributed by atoms with van der Waals surface area (Å²) in [6.45, 7) is 0.805. The van der Waals surface area contributed by atoms with Gasteiger partial charge in [0.15, 0.2) is 5.03 Å². The molecule has 5 aromatic rings. The number of hydrogen-bond donors (Lipinski definition) is 3. The summed E-state index contributed by atoms with van der Waals surface area (Å²) in [4.78, 5) is 28.4. The number of aromatic nitrogens is 7. The van der Waals surface area contributed by atoms with E-state index < -0.39 is 37.6 Å². The summed E-state index contributed by atoms with van der Waals surface area (Å²) in [6.07, 6.45) is 2.77. The van der Waals surface area contributed by atoms with Gasteiger partial charge in [-0.3, -0.25) is 9.36 Å². The average molecular weight is 663 g/mol. The van der Waals surface area contributed by atoms with E-state index in [0.29, 0.717) is 42.5 Å². The Morgan fingerprint density at radius 1 is 1.09 bits per heavy atom. The maximum Gasteiger partial charge on any atom is 0.299 e. The number of alkyl halides is 2. The average Bonchev–Trinajstić information content (AvgIpc) is 3.69. The zero-order valence-corrected chi connectivity index (χ0v) is 25.4. The summed E-state index contributed by atoms with van der Waals surface area (Å²) in [5.74, 6) is 0.194. The van der Waals surface area contributed by atoms with E-state index in [1.165, 1.54) is 21.1 Å². The molecule has 0 amide bonds. The van der Waals surface area contributed by atoms with Crippen molar-refractivity contribution in [2.75, 3.05) is 36.5 Å². The van der Waals surface area contributed by atoms with Crippen LogP contribution >= 0.6 is 0 Å². The predicted molar refractivity (Wildman–Crippen MR) is 161 cm³/mol. The van der Waals surface area contributed by atoms with Gasteiger partial charge in [0.1, 0.15) is 18.3 Å². The molecule has 1 aromatic carbocycles. The number of aromatic amines is 1. The highest BCUT2D eigenvalue weighted by molar-refractivity contribution is 7.89. The van der Waals surface area contributed by atoms with Crippen molar-refractivity contribution >= 4 is 53.6 Å². The third-order valence-corrected chi connectivity index (χ3v) is 10.3. The number of anilines is 2. The molecule has 1 aliphatic rings. The van der Waals surface area contributed by atoms with Crippen molar-refractivity contribution in [2.45, 2.75) is 36.9 Å². The number of halogens is 2. The van der Waals surface area contributed by atoms with Crippen molar-refractivity contribution in [3.05, 3.63) is 65.1 Å². The Balaban J connectivity index is 1.21. The Morgan fingerprint density at radius 2 is 1.87 bits per heavy atom. The first-order valence-corrected chi connectivity index (χ1v) is 17.1. The number of rotatable bonds is 10. The topological polar surface area (TPSA) is 190 Å². The molecule has 1 aliphatic heterocycles. The third-order valence-electron chi connectivity index (χ3n) is 7.53. The van der Waals surface area contributed by atoms with Crippen LogP contribution in [0.4, 0.5) is 20.4 Å². The largest absolute Gasteiger partial charge is 0.383 e. The van der Waals surface area contributed by atoms with E-state index in [0.717, 1.165) is 29.1 Å². The van der Waals surface area contributed by atoms with E-state index in [-0.39, 0.29) is 41.1 Å². The van der Waals surface area contributed by atoms with Crippen molar-refractivity contribution < 1.29 is 25.6 Å². The highest BCUT2D eigenvalue weighted by Gasteiger charge is 2.26. The highest BCUT2D eigenvalue weighted by atomic mass is 32.2. The van der Waals surface area contributed by atoms with E-state index in [9.17, 15) is 30.4 Å². The van der Waals surface area contributed by atoms with Gasteiger partial charge in [-0.05, 0) is 37.1 Å². The lowest BCUT2D eigenvalue weighted by molar-refractivity contribution is 0.149. The molecule has 19 heteroatoms. The Hall–Kier alpha value is -4.49. The van der Waals surface area contributed by atoms with Gasteiger partial charge in [0.25, 0.3) is 22.0 Å². The van der Waals surface area contributed by atoms with Gasteiger partial charge in [-0.15, -0.1) is 9.19 Å². The molecule has 5 heterocycles. The van der Waals surface area contributed by atoms with Crippen molar-refractivity contribution in [2.24, 2.45) is 0 Å². The summed E-state index contributed by atoms with van der Waals surface area (Å²) in [5, 5.41) is 10.8. The Labute approximate surface area is 255 Å². The van der Waals surface area contributed by atoms with Crippen LogP contribution in [0.25, 0.3) is 21.9 Å². The number of H-pyrrole nitrogens is 1. The molecule has 238 valence electrons. The van der Waals surface area contributed by atoms with Gasteiger partial charge in [0.05, 0.1) is 11.8 Å². The maximum atomic E-state index is 13.8. The van der Waals surface area contributed by atoms with Crippen LogP contribution in [0.15, 0.2) is 59.0 Å². The molecule has 1 fully saturated rings. The molecule has 0 aliphatic carbocycles. The van der Waals surface area contributed by atoms with Gasteiger partial charge in [-0.1, -0.05) is 6.07 Å². The van der Waals surface area contributed by atoms with Crippen LogP contribution in [0, 0.1) is 0 Å². The van der Waals surface area contributed by atoms with Crippen molar-refractivity contribution in [3.8, 4) is 0 Å². The van der Waals surface area contributed by atoms with E-state index in [1.807, 2.05) is 0 Å². The monoisotopic (exact) mass is 662 g/mol. The van der Waals surface area contributed by atoms with Crippen LogP contribution in [0.1, 0.15) is 24.8 Å². The molecule has 0 unspecified atom stereocenters. The fourth-order valence-corrected chi connectivity index (χ4v) is 7.15. The Morgan fingerprint density at radius 3 is 2.56 bits per heavy atom. The van der Waals surface area contributed by atoms with E-state index >= 15 is 0 Å². The highest BCUT2D eigenvalue weighted by Crippen LogP contribution is 2.24. The molecule has 0 saturated carbocycles. The lowest BCUT2D eigenvalue weighted by Gasteiger charge is -2.30. The van der Waals surface area contributed by atoms with Gasteiger partial charge in [-0.25, -0.2) is 31.5 Å². The minimum absolute atomic E-state index is 0.0201. The second kappa shape index (κ2) is 11.8. The van der Waals surface area contributed by atoms with E-state index in [1.54, 1.807) is 18.2 Å². The second-order valence-electron chi connectivity index (χ2n) is 10.5. The second-order valence-corrected chi connectivity index (χ2v) is 14.3. The maximum absolute atomic E-state index is 13.8. The molecule has 3 N–H and O–H groups in total. The molecule has 0 radical (unpaired) electrons. The van der Waals surface area contributed by atoms with Crippen LogP contribution in [0.5, 0.6) is 0 Å². The van der Waals surface area contributed by atoms with Crippen LogP contribution in [0.3, 0.4) is 0 Å². The minimum Gasteiger partial charge on any atom is -0.383 e. The minimum atomic E-state index is -3.96. The fourth-order valence-electron chi connectivity index (χ4n) is 5.21. The number of fused-ring (bicyclic) bond motifs is 2. The normalized spacial score (nSPS) is 15.3. The molecule has 0 atom stereocenters.